The topological polar surface area (TPSA) is 35.2 Å². The van der Waals surface area contributed by atoms with Gasteiger partial charge in [-0.2, -0.15) is 0 Å². The summed E-state index contributed by atoms with van der Waals surface area (Å²) in [6, 6.07) is 5.52. The number of nitrogen functional groups attached to an aromatic ring is 1. The van der Waals surface area contributed by atoms with Gasteiger partial charge < -0.3 is 10.5 Å². The first kappa shape index (κ1) is 11.1. The van der Waals surface area contributed by atoms with Crippen LogP contribution in [0.1, 0.15) is 13.8 Å². The van der Waals surface area contributed by atoms with Gasteiger partial charge in [-0.1, -0.05) is 5.57 Å². The molecule has 3 heteroatoms. The lowest BCUT2D eigenvalue weighted by Gasteiger charge is -2.06. The minimum atomic E-state index is 0.574. The van der Waals surface area contributed by atoms with Crippen LogP contribution in [-0.4, -0.2) is 6.61 Å². The van der Waals surface area contributed by atoms with E-state index < -0.39 is 0 Å². The molecule has 0 atom stereocenters. The largest absolute Gasteiger partial charge is 0.488 e. The molecule has 2 N–H and O–H groups in total. The summed E-state index contributed by atoms with van der Waals surface area (Å²) in [5.41, 5.74) is 7.59. The van der Waals surface area contributed by atoms with E-state index in [2.05, 4.69) is 15.9 Å². The van der Waals surface area contributed by atoms with Crippen molar-refractivity contribution in [3.05, 3.63) is 34.3 Å². The maximum atomic E-state index is 5.64. The Morgan fingerprint density at radius 1 is 1.50 bits per heavy atom. The Morgan fingerprint density at radius 2 is 2.21 bits per heavy atom. The number of anilines is 1. The molecule has 1 aromatic rings. The molecule has 1 aromatic carbocycles. The van der Waals surface area contributed by atoms with Gasteiger partial charge in [0, 0.05) is 11.8 Å². The molecular weight excluding hydrogens is 242 g/mol. The summed E-state index contributed by atoms with van der Waals surface area (Å²) in [6.07, 6.45) is 2.02. The van der Waals surface area contributed by atoms with Crippen LogP contribution in [-0.2, 0) is 0 Å². The third-order valence-corrected chi connectivity index (χ3v) is 2.34. The molecule has 0 fully saturated rings. The average molecular weight is 256 g/mol. The van der Waals surface area contributed by atoms with Crippen LogP contribution in [0.5, 0.6) is 5.75 Å². The number of allylic oxidation sites excluding steroid dienone is 1. The fourth-order valence-corrected chi connectivity index (χ4v) is 1.29. The zero-order valence-corrected chi connectivity index (χ0v) is 9.97. The van der Waals surface area contributed by atoms with Crippen LogP contribution >= 0.6 is 15.9 Å². The van der Waals surface area contributed by atoms with Gasteiger partial charge >= 0.3 is 0 Å². The summed E-state index contributed by atoms with van der Waals surface area (Å²) in [7, 11) is 0. The minimum Gasteiger partial charge on any atom is -0.488 e. The molecule has 0 aliphatic heterocycles. The van der Waals surface area contributed by atoms with Gasteiger partial charge in [-0.05, 0) is 48.0 Å². The van der Waals surface area contributed by atoms with Crippen LogP contribution in [0.3, 0.4) is 0 Å². The second-order valence-electron chi connectivity index (χ2n) is 3.28. The lowest BCUT2D eigenvalue weighted by atomic mass is 10.3. The van der Waals surface area contributed by atoms with Gasteiger partial charge in [0.25, 0.3) is 0 Å². The Balaban J connectivity index is 2.67. The molecule has 0 unspecified atom stereocenters. The Labute approximate surface area is 92.9 Å². The van der Waals surface area contributed by atoms with E-state index in [4.69, 9.17) is 10.5 Å². The molecule has 0 spiro atoms. The third-order valence-electron chi connectivity index (χ3n) is 1.69. The zero-order chi connectivity index (χ0) is 10.6. The van der Waals surface area contributed by atoms with Crippen molar-refractivity contribution in [2.45, 2.75) is 13.8 Å². The van der Waals surface area contributed by atoms with E-state index in [9.17, 15) is 0 Å². The summed E-state index contributed by atoms with van der Waals surface area (Å²) in [4.78, 5) is 0. The second-order valence-corrected chi connectivity index (χ2v) is 4.14. The number of ether oxygens (including phenoxy) is 1. The molecule has 0 aliphatic carbocycles. The quantitative estimate of drug-likeness (QED) is 0.664. The Kier molecular flexibility index (Phi) is 4.01. The van der Waals surface area contributed by atoms with E-state index in [0.29, 0.717) is 12.3 Å². The monoisotopic (exact) mass is 255 g/mol. The van der Waals surface area contributed by atoms with Crippen molar-refractivity contribution < 1.29 is 4.74 Å². The van der Waals surface area contributed by atoms with Crippen molar-refractivity contribution in [2.24, 2.45) is 0 Å². The van der Waals surface area contributed by atoms with E-state index in [0.717, 1.165) is 10.2 Å². The highest BCUT2D eigenvalue weighted by Gasteiger charge is 1.99. The fraction of sp³-hybridized carbons (Fsp3) is 0.273. The van der Waals surface area contributed by atoms with Gasteiger partial charge in [0.2, 0.25) is 0 Å². The van der Waals surface area contributed by atoms with Gasteiger partial charge in [0.05, 0.1) is 4.47 Å². The summed E-state index contributed by atoms with van der Waals surface area (Å²) >= 11 is 3.40. The number of hydrogen-bond acceptors (Lipinski definition) is 2. The molecule has 14 heavy (non-hydrogen) atoms. The molecular formula is C11H14BrNO. The number of halogens is 1. The summed E-state index contributed by atoms with van der Waals surface area (Å²) < 4.78 is 6.45. The Bertz CT molecular complexity index is 343. The molecule has 0 heterocycles. The van der Waals surface area contributed by atoms with E-state index in [1.165, 1.54) is 5.57 Å². The van der Waals surface area contributed by atoms with E-state index >= 15 is 0 Å². The molecule has 0 saturated carbocycles. The van der Waals surface area contributed by atoms with Crippen molar-refractivity contribution in [2.75, 3.05) is 12.3 Å². The lowest BCUT2D eigenvalue weighted by molar-refractivity contribution is 0.360. The average Bonchev–Trinajstić information content (AvgIpc) is 2.10. The Morgan fingerprint density at radius 3 is 2.86 bits per heavy atom. The van der Waals surface area contributed by atoms with Gasteiger partial charge in [-0.3, -0.25) is 0 Å². The maximum absolute atomic E-state index is 5.64. The molecule has 0 aromatic heterocycles. The van der Waals surface area contributed by atoms with Crippen molar-refractivity contribution in [3.8, 4) is 5.75 Å². The number of benzene rings is 1. The maximum Gasteiger partial charge on any atom is 0.136 e. The summed E-state index contributed by atoms with van der Waals surface area (Å²) in [5.74, 6) is 0.780. The van der Waals surface area contributed by atoms with Crippen LogP contribution in [0.4, 0.5) is 5.69 Å². The molecule has 1 rings (SSSR count). The lowest BCUT2D eigenvalue weighted by Crippen LogP contribution is -1.96. The fourth-order valence-electron chi connectivity index (χ4n) is 0.929. The van der Waals surface area contributed by atoms with E-state index in [-0.39, 0.29) is 0 Å². The Hall–Kier alpha value is -0.960. The van der Waals surface area contributed by atoms with Gasteiger partial charge in [0.15, 0.2) is 0 Å². The molecule has 0 saturated heterocycles. The first-order valence-electron chi connectivity index (χ1n) is 4.41. The highest BCUT2D eigenvalue weighted by molar-refractivity contribution is 9.10. The van der Waals surface area contributed by atoms with Crippen LogP contribution in [0.2, 0.25) is 0 Å². The zero-order valence-electron chi connectivity index (χ0n) is 8.38. The van der Waals surface area contributed by atoms with Gasteiger partial charge in [0.1, 0.15) is 12.4 Å². The van der Waals surface area contributed by atoms with Crippen LogP contribution in [0.25, 0.3) is 0 Å². The van der Waals surface area contributed by atoms with Crippen LogP contribution in [0, 0.1) is 0 Å². The highest BCUT2D eigenvalue weighted by atomic mass is 79.9. The molecule has 2 nitrogen and oxygen atoms in total. The summed E-state index contributed by atoms with van der Waals surface area (Å²) in [5, 5.41) is 0. The van der Waals surface area contributed by atoms with Crippen molar-refractivity contribution in [1.82, 2.24) is 0 Å². The van der Waals surface area contributed by atoms with E-state index in [1.807, 2.05) is 38.1 Å². The predicted octanol–water partition coefficient (Wildman–Crippen LogP) is 3.38. The smallest absolute Gasteiger partial charge is 0.136 e. The van der Waals surface area contributed by atoms with Crippen molar-refractivity contribution in [3.63, 3.8) is 0 Å². The SMILES string of the molecule is CC(C)=CCOc1cc(N)ccc1Br. The van der Waals surface area contributed by atoms with E-state index in [1.54, 1.807) is 0 Å². The van der Waals surface area contributed by atoms with Crippen molar-refractivity contribution >= 4 is 21.6 Å². The minimum absolute atomic E-state index is 0.574. The molecule has 76 valence electrons. The predicted molar refractivity (Wildman–Crippen MR) is 63.5 cm³/mol. The third kappa shape index (κ3) is 3.42. The molecule has 0 bridgehead atoms. The molecule has 0 aliphatic rings. The first-order valence-corrected chi connectivity index (χ1v) is 5.20. The standard InChI is InChI=1S/C11H14BrNO/c1-8(2)5-6-14-11-7-9(13)3-4-10(11)12/h3-5,7H,6,13H2,1-2H3. The van der Waals surface area contributed by atoms with Gasteiger partial charge in [-0.25, -0.2) is 0 Å². The normalized spacial score (nSPS) is 9.64. The van der Waals surface area contributed by atoms with Crippen LogP contribution < -0.4 is 10.5 Å². The highest BCUT2D eigenvalue weighted by Crippen LogP contribution is 2.26. The molecule has 0 radical (unpaired) electrons. The second kappa shape index (κ2) is 5.05. The van der Waals surface area contributed by atoms with Crippen molar-refractivity contribution in [1.29, 1.82) is 0 Å². The number of rotatable bonds is 3. The van der Waals surface area contributed by atoms with Gasteiger partial charge in [-0.15, -0.1) is 0 Å². The van der Waals surface area contributed by atoms with Crippen LogP contribution in [0.15, 0.2) is 34.3 Å². The number of hydrogen-bond donors (Lipinski definition) is 1. The number of nitrogens with two attached hydrogens (primary N) is 1. The summed E-state index contributed by atoms with van der Waals surface area (Å²) in [6.45, 7) is 4.65. The molecule has 0 amide bonds. The first-order chi connectivity index (χ1) is 6.59.